The van der Waals surface area contributed by atoms with E-state index >= 15 is 0 Å². The third-order valence-electron chi connectivity index (χ3n) is 4.58. The number of hydrogen-bond donors (Lipinski definition) is 4. The molecule has 0 spiro atoms. The monoisotopic (exact) mass is 302 g/mol. The Kier molecular flexibility index (Phi) is 4.29. The third kappa shape index (κ3) is 3.22. The molecule has 6 nitrogen and oxygen atoms in total. The minimum Gasteiger partial charge on any atom is -0.508 e. The molecule has 6 heteroatoms. The predicted molar refractivity (Wildman–Crippen MR) is 85.5 cm³/mol. The molecule has 0 atom stereocenters. The maximum atomic E-state index is 12.2. The zero-order valence-electron chi connectivity index (χ0n) is 12.5. The maximum absolute atomic E-state index is 12.2. The molecular weight excluding hydrogens is 280 g/mol. The van der Waals surface area contributed by atoms with Crippen LogP contribution in [0, 0.1) is 11.8 Å². The highest BCUT2D eigenvalue weighted by Gasteiger charge is 2.22. The lowest BCUT2D eigenvalue weighted by molar-refractivity contribution is -0.117. The van der Waals surface area contributed by atoms with Crippen LogP contribution in [-0.2, 0) is 4.79 Å². The van der Waals surface area contributed by atoms with Crippen molar-refractivity contribution in [3.63, 3.8) is 0 Å². The second kappa shape index (κ2) is 6.36. The minimum absolute atomic E-state index is 0.00215. The number of carbonyl (C=O) groups is 1. The van der Waals surface area contributed by atoms with Crippen molar-refractivity contribution >= 4 is 22.6 Å². The molecule has 0 radical (unpaired) electrons. The van der Waals surface area contributed by atoms with Gasteiger partial charge >= 0.3 is 0 Å². The first-order valence-corrected chi connectivity index (χ1v) is 7.82. The van der Waals surface area contributed by atoms with E-state index in [9.17, 15) is 9.90 Å². The van der Waals surface area contributed by atoms with Gasteiger partial charge in [-0.05, 0) is 56.2 Å². The molecule has 1 amide bonds. The highest BCUT2D eigenvalue weighted by atomic mass is 16.3. The molecule has 118 valence electrons. The van der Waals surface area contributed by atoms with Crippen molar-refractivity contribution in [3.8, 4) is 5.75 Å². The largest absolute Gasteiger partial charge is 0.508 e. The summed E-state index contributed by atoms with van der Waals surface area (Å²) in [4.78, 5) is 12.2. The highest BCUT2D eigenvalue weighted by molar-refractivity contribution is 5.99. The third-order valence-corrected chi connectivity index (χ3v) is 4.58. The molecule has 3 rings (SSSR count). The smallest absolute Gasteiger partial charge is 0.225 e. The lowest BCUT2D eigenvalue weighted by Gasteiger charge is -2.27. The molecule has 22 heavy (non-hydrogen) atoms. The van der Waals surface area contributed by atoms with Gasteiger partial charge in [0.2, 0.25) is 5.91 Å². The van der Waals surface area contributed by atoms with Crippen LogP contribution in [0.4, 0.5) is 5.82 Å². The van der Waals surface area contributed by atoms with Crippen LogP contribution in [0.3, 0.4) is 0 Å². The van der Waals surface area contributed by atoms with Gasteiger partial charge in [0.05, 0.1) is 5.52 Å². The average Bonchev–Trinajstić information content (AvgIpc) is 2.90. The number of nitrogens with one attached hydrogen (secondary N) is 2. The Morgan fingerprint density at radius 2 is 2.05 bits per heavy atom. The first-order chi connectivity index (χ1) is 10.7. The molecule has 2 aromatic rings. The molecule has 1 aliphatic carbocycles. The summed E-state index contributed by atoms with van der Waals surface area (Å²) >= 11 is 0. The van der Waals surface area contributed by atoms with Gasteiger partial charge in [-0.3, -0.25) is 9.89 Å². The average molecular weight is 302 g/mol. The molecule has 1 aromatic carbocycles. The molecule has 1 saturated carbocycles. The lowest BCUT2D eigenvalue weighted by Crippen LogP contribution is -2.24. The van der Waals surface area contributed by atoms with Crippen LogP contribution in [-0.4, -0.2) is 27.8 Å². The lowest BCUT2D eigenvalue weighted by atomic mass is 9.80. The number of carbonyl (C=O) groups excluding carboxylic acids is 1. The van der Waals surface area contributed by atoms with Crippen LogP contribution >= 0.6 is 0 Å². The normalized spacial score (nSPS) is 21.9. The number of aromatic nitrogens is 2. The van der Waals surface area contributed by atoms with Crippen LogP contribution in [0.25, 0.3) is 10.9 Å². The number of phenols is 1. The molecule has 1 aliphatic rings. The number of phenolic OH excluding ortho intramolecular Hbond substituents is 1. The van der Waals surface area contributed by atoms with Crippen LogP contribution in [0.15, 0.2) is 18.2 Å². The number of aromatic hydroxyl groups is 1. The van der Waals surface area contributed by atoms with Gasteiger partial charge in [-0.15, -0.1) is 0 Å². The van der Waals surface area contributed by atoms with Crippen molar-refractivity contribution in [3.05, 3.63) is 18.2 Å². The molecule has 0 bridgehead atoms. The van der Waals surface area contributed by atoms with Gasteiger partial charge in [-0.1, -0.05) is 0 Å². The van der Waals surface area contributed by atoms with Crippen LogP contribution in [0.1, 0.15) is 32.1 Å². The number of rotatable bonds is 4. The fourth-order valence-electron chi connectivity index (χ4n) is 3.22. The van der Waals surface area contributed by atoms with Gasteiger partial charge < -0.3 is 16.2 Å². The highest BCUT2D eigenvalue weighted by Crippen LogP contribution is 2.31. The van der Waals surface area contributed by atoms with E-state index in [1.165, 1.54) is 0 Å². The molecule has 0 aliphatic heterocycles. The first kappa shape index (κ1) is 14.8. The van der Waals surface area contributed by atoms with Crippen molar-refractivity contribution in [1.82, 2.24) is 10.2 Å². The van der Waals surface area contributed by atoms with E-state index in [1.54, 1.807) is 18.2 Å². The second-order valence-electron chi connectivity index (χ2n) is 6.18. The Morgan fingerprint density at radius 1 is 1.32 bits per heavy atom. The fraction of sp³-hybridized carbons (Fsp3) is 0.500. The standard InChI is InChI=1S/C16H22N4O2/c17-9-11-3-1-10(2-4-11)7-15(22)18-16-13-6-5-12(21)8-14(13)19-20-16/h5-6,8,10-11,21H,1-4,7,9,17H2,(H2,18,19,20,22). The summed E-state index contributed by atoms with van der Waals surface area (Å²) in [6.45, 7) is 0.755. The Labute approximate surface area is 129 Å². The van der Waals surface area contributed by atoms with Crippen LogP contribution in [0.2, 0.25) is 0 Å². The maximum Gasteiger partial charge on any atom is 0.225 e. The Morgan fingerprint density at radius 3 is 2.77 bits per heavy atom. The van der Waals surface area contributed by atoms with Crippen molar-refractivity contribution < 1.29 is 9.90 Å². The molecule has 0 saturated heterocycles. The molecule has 1 heterocycles. The number of H-pyrrole nitrogens is 1. The summed E-state index contributed by atoms with van der Waals surface area (Å²) in [6.07, 6.45) is 4.93. The van der Waals surface area contributed by atoms with Gasteiger partial charge in [0.25, 0.3) is 0 Å². The summed E-state index contributed by atoms with van der Waals surface area (Å²) in [7, 11) is 0. The van der Waals surface area contributed by atoms with E-state index in [0.717, 1.165) is 37.6 Å². The molecule has 0 unspecified atom stereocenters. The van der Waals surface area contributed by atoms with E-state index < -0.39 is 0 Å². The second-order valence-corrected chi connectivity index (χ2v) is 6.18. The molecular formula is C16H22N4O2. The number of amides is 1. The predicted octanol–water partition coefficient (Wildman–Crippen LogP) is 2.36. The molecule has 1 aromatic heterocycles. The topological polar surface area (TPSA) is 104 Å². The number of fused-ring (bicyclic) bond motifs is 1. The fourth-order valence-corrected chi connectivity index (χ4v) is 3.22. The van der Waals surface area contributed by atoms with E-state index in [0.29, 0.717) is 29.6 Å². The van der Waals surface area contributed by atoms with Crippen molar-refractivity contribution in [2.24, 2.45) is 17.6 Å². The number of anilines is 1. The van der Waals surface area contributed by atoms with E-state index in [2.05, 4.69) is 15.5 Å². The molecule has 1 fully saturated rings. The quantitative estimate of drug-likeness (QED) is 0.696. The van der Waals surface area contributed by atoms with Gasteiger partial charge in [-0.2, -0.15) is 5.10 Å². The number of nitrogens with two attached hydrogens (primary N) is 1. The van der Waals surface area contributed by atoms with Crippen molar-refractivity contribution in [2.45, 2.75) is 32.1 Å². The van der Waals surface area contributed by atoms with E-state index in [4.69, 9.17) is 5.73 Å². The number of nitrogens with zero attached hydrogens (tertiary/aromatic N) is 1. The van der Waals surface area contributed by atoms with Crippen LogP contribution < -0.4 is 11.1 Å². The van der Waals surface area contributed by atoms with Gasteiger partial charge in [-0.25, -0.2) is 0 Å². The number of benzene rings is 1. The van der Waals surface area contributed by atoms with Crippen molar-refractivity contribution in [2.75, 3.05) is 11.9 Å². The first-order valence-electron chi connectivity index (χ1n) is 7.82. The minimum atomic E-state index is -0.00215. The zero-order chi connectivity index (χ0) is 15.5. The number of hydrogen-bond acceptors (Lipinski definition) is 4. The Bertz CT molecular complexity index is 659. The SMILES string of the molecule is NCC1CCC(CC(=O)Nc2n[nH]c3cc(O)ccc23)CC1. The number of aromatic amines is 1. The summed E-state index contributed by atoms with van der Waals surface area (Å²) < 4.78 is 0. The Balaban J connectivity index is 1.59. The summed E-state index contributed by atoms with van der Waals surface area (Å²) in [6, 6.07) is 4.92. The summed E-state index contributed by atoms with van der Waals surface area (Å²) in [5, 5.41) is 20.0. The van der Waals surface area contributed by atoms with Gasteiger partial charge in [0.15, 0.2) is 5.82 Å². The Hall–Kier alpha value is -2.08. The van der Waals surface area contributed by atoms with E-state index in [1.807, 2.05) is 0 Å². The van der Waals surface area contributed by atoms with Crippen LogP contribution in [0.5, 0.6) is 5.75 Å². The van der Waals surface area contributed by atoms with E-state index in [-0.39, 0.29) is 11.7 Å². The van der Waals surface area contributed by atoms with Gasteiger partial charge in [0.1, 0.15) is 5.75 Å². The summed E-state index contributed by atoms with van der Waals surface area (Å²) in [5.41, 5.74) is 6.40. The molecule has 5 N–H and O–H groups in total. The zero-order valence-corrected chi connectivity index (χ0v) is 12.5. The van der Waals surface area contributed by atoms with Gasteiger partial charge in [0, 0.05) is 17.9 Å². The van der Waals surface area contributed by atoms with Crippen molar-refractivity contribution in [1.29, 1.82) is 0 Å². The summed E-state index contributed by atoms with van der Waals surface area (Å²) in [5.74, 6) is 1.76.